The van der Waals surface area contributed by atoms with Crippen molar-refractivity contribution in [2.24, 2.45) is 11.1 Å². The van der Waals surface area contributed by atoms with Gasteiger partial charge < -0.3 is 10.2 Å². The van der Waals surface area contributed by atoms with Gasteiger partial charge in [-0.2, -0.15) is 13.2 Å². The fourth-order valence-electron chi connectivity index (χ4n) is 4.81. The molecule has 0 aliphatic heterocycles. The number of nitrogens with one attached hydrogen (secondary N) is 1. The zero-order valence-corrected chi connectivity index (χ0v) is 22.9. The Bertz CT molecular complexity index is 1200. The van der Waals surface area contributed by atoms with Gasteiger partial charge in [0.2, 0.25) is 0 Å². The molecule has 39 heavy (non-hydrogen) atoms. The second-order valence-corrected chi connectivity index (χ2v) is 10.7. The molecular weight excluding hydrogens is 517 g/mol. The molecule has 7 heteroatoms. The molecule has 206 valence electrons. The summed E-state index contributed by atoms with van der Waals surface area (Å²) in [6.07, 6.45) is 4.54. The van der Waals surface area contributed by atoms with Crippen LogP contribution in [-0.4, -0.2) is 17.2 Å². The first-order chi connectivity index (χ1) is 18.9. The molecule has 0 spiro atoms. The summed E-state index contributed by atoms with van der Waals surface area (Å²) >= 11 is 5.57. The summed E-state index contributed by atoms with van der Waals surface area (Å²) in [6.45, 7) is 1.07. The van der Waals surface area contributed by atoms with Crippen LogP contribution in [-0.2, 0) is 30.5 Å². The third-order valence-electron chi connectivity index (χ3n) is 7.14. The average molecular weight is 553 g/mol. The van der Waals surface area contributed by atoms with Gasteiger partial charge in [-0.25, -0.2) is 0 Å². The van der Waals surface area contributed by atoms with Crippen LogP contribution in [0.1, 0.15) is 66.3 Å². The number of alkyl halides is 3. The number of benzene rings is 3. The van der Waals surface area contributed by atoms with Crippen LogP contribution in [0.4, 0.5) is 13.2 Å². The predicted octanol–water partition coefficient (Wildman–Crippen LogP) is 8.30. The van der Waals surface area contributed by atoms with Crippen LogP contribution in [0.2, 0.25) is 0 Å². The van der Waals surface area contributed by atoms with Crippen LogP contribution in [0, 0.1) is 5.92 Å². The number of aryl methyl sites for hydroxylation is 1. The molecule has 0 aromatic heterocycles. The van der Waals surface area contributed by atoms with Crippen molar-refractivity contribution < 1.29 is 18.0 Å². The largest absolute Gasteiger partial charge is 0.416 e. The van der Waals surface area contributed by atoms with Crippen molar-refractivity contribution in [3.8, 4) is 0 Å². The van der Waals surface area contributed by atoms with Crippen LogP contribution in [0.3, 0.4) is 0 Å². The Hall–Kier alpha value is -3.19. The quantitative estimate of drug-likeness (QED) is 0.148. The van der Waals surface area contributed by atoms with E-state index < -0.39 is 11.7 Å². The van der Waals surface area contributed by atoms with Crippen molar-refractivity contribution >= 4 is 22.9 Å². The van der Waals surface area contributed by atoms with Crippen LogP contribution < -0.4 is 5.32 Å². The fraction of sp³-hybridized carbons (Fsp3) is 0.375. The Kier molecular flexibility index (Phi) is 10.5. The maximum absolute atomic E-state index is 12.8. The second-order valence-electron chi connectivity index (χ2n) is 10.2. The summed E-state index contributed by atoms with van der Waals surface area (Å²) in [7, 11) is 0. The van der Waals surface area contributed by atoms with E-state index in [9.17, 15) is 13.2 Å². The molecule has 3 aromatic carbocycles. The summed E-state index contributed by atoms with van der Waals surface area (Å²) in [5.41, 5.74) is 3.92. The minimum absolute atomic E-state index is 0.0831. The molecule has 1 N–H and O–H groups in total. The van der Waals surface area contributed by atoms with Gasteiger partial charge in [-0.15, -0.1) is 0 Å². The summed E-state index contributed by atoms with van der Waals surface area (Å²) in [5, 5.41) is 7.86. The van der Waals surface area contributed by atoms with Crippen molar-refractivity contribution in [2.45, 2.75) is 64.1 Å². The first-order valence-corrected chi connectivity index (χ1v) is 14.0. The van der Waals surface area contributed by atoms with Gasteiger partial charge in [0.25, 0.3) is 0 Å². The molecule has 0 amide bonds. The highest BCUT2D eigenvalue weighted by molar-refractivity contribution is 7.80. The molecule has 0 unspecified atom stereocenters. The standard InChI is InChI=1S/C32H35F3N2OS/c33-32(34,35)29-18-13-27(14-19-29)23-38-37-30(21-25-7-3-1-4-8-25)28-16-11-24(12-17-28)15-20-31(39)36-22-26-9-5-2-6-10-26/h1,3-4,7-8,11-14,16-19,26H,2,5-6,9-10,15,20-23H2,(H,36,39)/b37-30+. The summed E-state index contributed by atoms with van der Waals surface area (Å²) < 4.78 is 38.5. The van der Waals surface area contributed by atoms with Crippen LogP contribution in [0.25, 0.3) is 0 Å². The third kappa shape index (κ3) is 9.50. The van der Waals surface area contributed by atoms with Gasteiger partial charge in [-0.1, -0.05) is 103 Å². The van der Waals surface area contributed by atoms with Crippen LogP contribution in [0.5, 0.6) is 0 Å². The van der Waals surface area contributed by atoms with E-state index in [0.29, 0.717) is 12.0 Å². The molecule has 0 heterocycles. The molecule has 1 aliphatic rings. The lowest BCUT2D eigenvalue weighted by molar-refractivity contribution is -0.137. The third-order valence-corrected chi connectivity index (χ3v) is 7.49. The number of nitrogens with zero attached hydrogens (tertiary/aromatic N) is 1. The number of hydrogen-bond acceptors (Lipinski definition) is 3. The average Bonchev–Trinajstić information content (AvgIpc) is 2.96. The van der Waals surface area contributed by atoms with Crippen molar-refractivity contribution in [3.63, 3.8) is 0 Å². The molecule has 0 radical (unpaired) electrons. The van der Waals surface area contributed by atoms with Gasteiger partial charge in [0.05, 0.1) is 16.3 Å². The van der Waals surface area contributed by atoms with Gasteiger partial charge in [-0.3, -0.25) is 0 Å². The zero-order valence-electron chi connectivity index (χ0n) is 22.1. The molecule has 0 atom stereocenters. The lowest BCUT2D eigenvalue weighted by atomic mass is 9.89. The molecular formula is C32H35F3N2OS. The molecule has 4 rings (SSSR count). The van der Waals surface area contributed by atoms with E-state index in [0.717, 1.165) is 59.3 Å². The minimum Gasteiger partial charge on any atom is -0.391 e. The first kappa shape index (κ1) is 28.8. The number of halogens is 3. The van der Waals surface area contributed by atoms with Crippen molar-refractivity contribution in [1.82, 2.24) is 5.32 Å². The van der Waals surface area contributed by atoms with E-state index in [1.165, 1.54) is 49.8 Å². The number of thiocarbonyl (C=S) groups is 1. The SMILES string of the molecule is FC(F)(F)c1ccc(CO/N=C(\Cc2ccccc2)c2ccc(CCC(=S)NCC3CCCCC3)cc2)cc1. The number of hydrogen-bond donors (Lipinski definition) is 1. The highest BCUT2D eigenvalue weighted by Gasteiger charge is 2.29. The van der Waals surface area contributed by atoms with E-state index in [2.05, 4.69) is 22.6 Å². The normalized spacial score (nSPS) is 14.7. The van der Waals surface area contributed by atoms with Crippen molar-refractivity contribution in [2.75, 3.05) is 6.54 Å². The van der Waals surface area contributed by atoms with Gasteiger partial charge in [0.15, 0.2) is 0 Å². The Morgan fingerprint density at radius 1 is 0.846 bits per heavy atom. The van der Waals surface area contributed by atoms with E-state index in [-0.39, 0.29) is 6.61 Å². The van der Waals surface area contributed by atoms with Crippen molar-refractivity contribution in [1.29, 1.82) is 0 Å². The fourth-order valence-corrected chi connectivity index (χ4v) is 5.00. The summed E-state index contributed by atoms with van der Waals surface area (Å²) in [4.78, 5) is 6.53. The van der Waals surface area contributed by atoms with Gasteiger partial charge in [0, 0.05) is 19.4 Å². The van der Waals surface area contributed by atoms with Gasteiger partial charge in [0.1, 0.15) is 6.61 Å². The molecule has 0 bridgehead atoms. The minimum atomic E-state index is -4.36. The Morgan fingerprint density at radius 3 is 2.18 bits per heavy atom. The van der Waals surface area contributed by atoms with E-state index in [4.69, 9.17) is 17.1 Å². The molecule has 1 aliphatic carbocycles. The molecule has 1 saturated carbocycles. The van der Waals surface area contributed by atoms with Gasteiger partial charge >= 0.3 is 6.18 Å². The summed E-state index contributed by atoms with van der Waals surface area (Å²) in [5.74, 6) is 0.750. The van der Waals surface area contributed by atoms with E-state index in [1.807, 2.05) is 42.5 Å². The Balaban J connectivity index is 1.35. The van der Waals surface area contributed by atoms with Crippen LogP contribution in [0.15, 0.2) is 84.0 Å². The Morgan fingerprint density at radius 2 is 1.51 bits per heavy atom. The topological polar surface area (TPSA) is 33.6 Å². The predicted molar refractivity (Wildman–Crippen MR) is 155 cm³/mol. The number of rotatable bonds is 11. The van der Waals surface area contributed by atoms with Crippen molar-refractivity contribution in [3.05, 3.63) is 107 Å². The highest BCUT2D eigenvalue weighted by atomic mass is 32.1. The number of oxime groups is 1. The van der Waals surface area contributed by atoms with Crippen LogP contribution >= 0.6 is 12.2 Å². The van der Waals surface area contributed by atoms with E-state index in [1.54, 1.807) is 0 Å². The maximum atomic E-state index is 12.8. The monoisotopic (exact) mass is 552 g/mol. The molecule has 0 saturated heterocycles. The Labute approximate surface area is 234 Å². The lowest BCUT2D eigenvalue weighted by Crippen LogP contribution is -2.29. The smallest absolute Gasteiger partial charge is 0.391 e. The maximum Gasteiger partial charge on any atom is 0.416 e. The lowest BCUT2D eigenvalue weighted by Gasteiger charge is -2.22. The highest BCUT2D eigenvalue weighted by Crippen LogP contribution is 2.29. The van der Waals surface area contributed by atoms with Gasteiger partial charge in [-0.05, 0) is 59.6 Å². The molecule has 3 nitrogen and oxygen atoms in total. The second kappa shape index (κ2) is 14.3. The summed E-state index contributed by atoms with van der Waals surface area (Å²) in [6, 6.07) is 23.2. The zero-order chi connectivity index (χ0) is 27.5. The first-order valence-electron chi connectivity index (χ1n) is 13.6. The molecule has 1 fully saturated rings. The molecule has 3 aromatic rings. The van der Waals surface area contributed by atoms with E-state index >= 15 is 0 Å².